The molecule has 0 unspecified atom stereocenters. The molecule has 0 aromatic carbocycles. The van der Waals surface area contributed by atoms with Crippen molar-refractivity contribution in [1.29, 1.82) is 0 Å². The third-order valence-electron chi connectivity index (χ3n) is 2.80. The first kappa shape index (κ1) is 15.2. The van der Waals surface area contributed by atoms with Crippen LogP contribution in [0.15, 0.2) is 18.5 Å². The molecule has 0 spiro atoms. The van der Waals surface area contributed by atoms with Gasteiger partial charge in [0, 0.05) is 25.5 Å². The highest BCUT2D eigenvalue weighted by molar-refractivity contribution is 5.96. The standard InChI is InChI=1S/C15H20N2O2/c1-3-5-10-17(4-2)15(19)14-8-9-16-12-13(14)7-6-11-18/h8-9,12,18H,3-5,10-11H2,1-2H3. The number of aliphatic hydroxyl groups excluding tert-OH is 1. The van der Waals surface area contributed by atoms with E-state index in [-0.39, 0.29) is 12.5 Å². The van der Waals surface area contributed by atoms with Crippen molar-refractivity contribution in [2.75, 3.05) is 19.7 Å². The molecular formula is C15H20N2O2. The normalized spacial score (nSPS) is 9.63. The lowest BCUT2D eigenvalue weighted by Crippen LogP contribution is -2.32. The average Bonchev–Trinajstić information content (AvgIpc) is 2.46. The van der Waals surface area contributed by atoms with Gasteiger partial charge in [-0.15, -0.1) is 0 Å². The zero-order chi connectivity index (χ0) is 14.1. The smallest absolute Gasteiger partial charge is 0.255 e. The fraction of sp³-hybridized carbons (Fsp3) is 0.467. The van der Waals surface area contributed by atoms with Crippen LogP contribution in [0.1, 0.15) is 42.6 Å². The summed E-state index contributed by atoms with van der Waals surface area (Å²) in [5, 5.41) is 8.74. The second kappa shape index (κ2) is 8.28. The van der Waals surface area contributed by atoms with Gasteiger partial charge in [0.25, 0.3) is 5.91 Å². The first-order valence-electron chi connectivity index (χ1n) is 6.57. The van der Waals surface area contributed by atoms with Crippen molar-refractivity contribution in [1.82, 2.24) is 9.88 Å². The Bertz CT molecular complexity index is 475. The molecule has 0 radical (unpaired) electrons. The first-order chi connectivity index (χ1) is 9.24. The predicted octanol–water partition coefficient (Wildman–Crippen LogP) is 1.69. The van der Waals surface area contributed by atoms with Gasteiger partial charge in [-0.2, -0.15) is 0 Å². The monoisotopic (exact) mass is 260 g/mol. The van der Waals surface area contributed by atoms with Crippen molar-refractivity contribution < 1.29 is 9.90 Å². The van der Waals surface area contributed by atoms with Crippen LogP contribution in [0.4, 0.5) is 0 Å². The van der Waals surface area contributed by atoms with Crippen molar-refractivity contribution in [2.24, 2.45) is 0 Å². The summed E-state index contributed by atoms with van der Waals surface area (Å²) in [6.45, 7) is 5.27. The maximum Gasteiger partial charge on any atom is 0.255 e. The van der Waals surface area contributed by atoms with Crippen LogP contribution in [0.25, 0.3) is 0 Å². The molecule has 0 saturated carbocycles. The van der Waals surface area contributed by atoms with Crippen molar-refractivity contribution >= 4 is 5.91 Å². The van der Waals surface area contributed by atoms with Gasteiger partial charge in [0.1, 0.15) is 6.61 Å². The summed E-state index contributed by atoms with van der Waals surface area (Å²) in [5.74, 6) is 5.30. The minimum Gasteiger partial charge on any atom is -0.384 e. The van der Waals surface area contributed by atoms with Crippen molar-refractivity contribution in [3.05, 3.63) is 29.6 Å². The molecule has 102 valence electrons. The molecule has 0 aliphatic rings. The Balaban J connectivity index is 2.97. The maximum absolute atomic E-state index is 12.4. The van der Waals surface area contributed by atoms with Crippen LogP contribution in [0.3, 0.4) is 0 Å². The molecule has 0 fully saturated rings. The Kier molecular flexibility index (Phi) is 6.62. The molecule has 1 rings (SSSR count). The lowest BCUT2D eigenvalue weighted by atomic mass is 10.1. The van der Waals surface area contributed by atoms with Gasteiger partial charge in [-0.3, -0.25) is 9.78 Å². The summed E-state index contributed by atoms with van der Waals surface area (Å²) < 4.78 is 0. The van der Waals surface area contributed by atoms with Crippen LogP contribution in [-0.2, 0) is 0 Å². The van der Waals surface area contributed by atoms with E-state index in [4.69, 9.17) is 5.11 Å². The van der Waals surface area contributed by atoms with E-state index in [1.165, 1.54) is 0 Å². The SMILES string of the molecule is CCCCN(CC)C(=O)c1ccncc1C#CCO. The van der Waals surface area contributed by atoms with Crippen LogP contribution in [0.5, 0.6) is 0 Å². The number of carbonyl (C=O) groups is 1. The first-order valence-corrected chi connectivity index (χ1v) is 6.57. The van der Waals surface area contributed by atoms with Crippen molar-refractivity contribution in [3.8, 4) is 11.8 Å². The quantitative estimate of drug-likeness (QED) is 0.820. The highest BCUT2D eigenvalue weighted by Gasteiger charge is 2.16. The second-order valence-corrected chi connectivity index (χ2v) is 4.12. The molecule has 0 aliphatic heterocycles. The van der Waals surface area contributed by atoms with Crippen LogP contribution in [0.2, 0.25) is 0 Å². The maximum atomic E-state index is 12.4. The summed E-state index contributed by atoms with van der Waals surface area (Å²) >= 11 is 0. The number of hydrogen-bond acceptors (Lipinski definition) is 3. The summed E-state index contributed by atoms with van der Waals surface area (Å²) in [7, 11) is 0. The number of aromatic nitrogens is 1. The molecule has 0 saturated heterocycles. The molecule has 4 nitrogen and oxygen atoms in total. The molecule has 19 heavy (non-hydrogen) atoms. The second-order valence-electron chi connectivity index (χ2n) is 4.12. The molecule has 1 aromatic heterocycles. The Morgan fingerprint density at radius 2 is 2.26 bits per heavy atom. The summed E-state index contributed by atoms with van der Waals surface area (Å²) in [6.07, 6.45) is 5.19. The summed E-state index contributed by atoms with van der Waals surface area (Å²) in [4.78, 5) is 18.2. The predicted molar refractivity (Wildman–Crippen MR) is 74.7 cm³/mol. The van der Waals surface area contributed by atoms with E-state index in [1.807, 2.05) is 11.8 Å². The fourth-order valence-electron chi connectivity index (χ4n) is 1.74. The van der Waals surface area contributed by atoms with Crippen LogP contribution in [0, 0.1) is 11.8 Å². The zero-order valence-corrected chi connectivity index (χ0v) is 11.5. The summed E-state index contributed by atoms with van der Waals surface area (Å²) in [5.41, 5.74) is 1.12. The number of amides is 1. The Labute approximate surface area is 114 Å². The molecule has 0 atom stereocenters. The van der Waals surface area contributed by atoms with E-state index >= 15 is 0 Å². The highest BCUT2D eigenvalue weighted by Crippen LogP contribution is 2.10. The Morgan fingerprint density at radius 1 is 1.47 bits per heavy atom. The van der Waals surface area contributed by atoms with Crippen LogP contribution < -0.4 is 0 Å². The van der Waals surface area contributed by atoms with Gasteiger partial charge in [0.2, 0.25) is 0 Å². The number of unbranched alkanes of at least 4 members (excludes halogenated alkanes) is 1. The number of pyridine rings is 1. The molecular weight excluding hydrogens is 240 g/mol. The van der Waals surface area contributed by atoms with Gasteiger partial charge in [-0.25, -0.2) is 0 Å². The van der Waals surface area contributed by atoms with Gasteiger partial charge >= 0.3 is 0 Å². The lowest BCUT2D eigenvalue weighted by molar-refractivity contribution is 0.0762. The average molecular weight is 260 g/mol. The molecule has 0 bridgehead atoms. The van der Waals surface area contributed by atoms with Crippen LogP contribution in [-0.4, -0.2) is 40.6 Å². The molecule has 1 heterocycles. The van der Waals surface area contributed by atoms with Gasteiger partial charge < -0.3 is 10.0 Å². The van der Waals surface area contributed by atoms with Gasteiger partial charge in [0.05, 0.1) is 11.1 Å². The van der Waals surface area contributed by atoms with Crippen molar-refractivity contribution in [2.45, 2.75) is 26.7 Å². The van der Waals surface area contributed by atoms with E-state index in [0.29, 0.717) is 17.7 Å². The van der Waals surface area contributed by atoms with E-state index in [1.54, 1.807) is 18.5 Å². The minimum atomic E-state index is -0.226. The molecule has 1 amide bonds. The van der Waals surface area contributed by atoms with E-state index in [0.717, 1.165) is 19.4 Å². The van der Waals surface area contributed by atoms with E-state index < -0.39 is 0 Å². The van der Waals surface area contributed by atoms with Gasteiger partial charge in [-0.05, 0) is 19.4 Å². The molecule has 4 heteroatoms. The van der Waals surface area contributed by atoms with E-state index in [2.05, 4.69) is 23.7 Å². The number of aliphatic hydroxyl groups is 1. The topological polar surface area (TPSA) is 53.4 Å². The van der Waals surface area contributed by atoms with E-state index in [9.17, 15) is 4.79 Å². The van der Waals surface area contributed by atoms with Gasteiger partial charge in [-0.1, -0.05) is 25.2 Å². The molecule has 1 aromatic rings. The molecule has 1 N–H and O–H groups in total. The number of hydrogen-bond donors (Lipinski definition) is 1. The summed E-state index contributed by atoms with van der Waals surface area (Å²) in [6, 6.07) is 1.68. The minimum absolute atomic E-state index is 0.0272. The highest BCUT2D eigenvalue weighted by atomic mass is 16.2. The number of carbonyl (C=O) groups excluding carboxylic acids is 1. The molecule has 0 aliphatic carbocycles. The third kappa shape index (κ3) is 4.38. The number of nitrogens with zero attached hydrogens (tertiary/aromatic N) is 2. The van der Waals surface area contributed by atoms with Gasteiger partial charge in [0.15, 0.2) is 0 Å². The number of rotatable bonds is 5. The van der Waals surface area contributed by atoms with Crippen molar-refractivity contribution in [3.63, 3.8) is 0 Å². The Morgan fingerprint density at radius 3 is 2.89 bits per heavy atom. The fourth-order valence-corrected chi connectivity index (χ4v) is 1.74. The Hall–Kier alpha value is -1.86. The lowest BCUT2D eigenvalue weighted by Gasteiger charge is -2.21. The zero-order valence-electron chi connectivity index (χ0n) is 11.5. The van der Waals surface area contributed by atoms with Crippen LogP contribution >= 0.6 is 0 Å². The third-order valence-corrected chi connectivity index (χ3v) is 2.80. The largest absolute Gasteiger partial charge is 0.384 e.